The minimum atomic E-state index is -1.80. The highest BCUT2D eigenvalue weighted by Gasteiger charge is 2.24. The van der Waals surface area contributed by atoms with Gasteiger partial charge in [-0.3, -0.25) is 0 Å². The molecule has 0 aliphatic rings. The van der Waals surface area contributed by atoms with Crippen molar-refractivity contribution in [3.63, 3.8) is 0 Å². The summed E-state index contributed by atoms with van der Waals surface area (Å²) in [4.78, 5) is 11.1. The van der Waals surface area contributed by atoms with E-state index in [1.165, 1.54) is 13.2 Å². The van der Waals surface area contributed by atoms with E-state index in [9.17, 15) is 9.18 Å². The van der Waals surface area contributed by atoms with Gasteiger partial charge in [0.2, 0.25) is 6.17 Å². The minimum absolute atomic E-state index is 0.216. The second-order valence-corrected chi connectivity index (χ2v) is 3.28. The van der Waals surface area contributed by atoms with E-state index in [0.717, 1.165) is 12.7 Å². The number of hydrogen-bond donors (Lipinski definition) is 0. The number of rotatable bonds is 4. The molecule has 88 valence electrons. The summed E-state index contributed by atoms with van der Waals surface area (Å²) in [6.07, 6.45) is -1.09. The predicted molar refractivity (Wildman–Crippen MR) is 58.2 cm³/mol. The van der Waals surface area contributed by atoms with E-state index in [1.807, 2.05) is 13.0 Å². The largest absolute Gasteiger partial charge is 0.496 e. The van der Waals surface area contributed by atoms with Gasteiger partial charge in [0.05, 0.1) is 14.2 Å². The van der Waals surface area contributed by atoms with Crippen molar-refractivity contribution in [2.75, 3.05) is 14.2 Å². The maximum absolute atomic E-state index is 13.7. The van der Waals surface area contributed by atoms with Crippen LogP contribution in [0, 0.1) is 0 Å². The summed E-state index contributed by atoms with van der Waals surface area (Å²) in [6.45, 7) is 1.94. The smallest absolute Gasteiger partial charge is 0.345 e. The normalized spacial score (nSPS) is 12.0. The second kappa shape index (κ2) is 5.49. The summed E-state index contributed by atoms with van der Waals surface area (Å²) in [7, 11) is 2.62. The van der Waals surface area contributed by atoms with Crippen molar-refractivity contribution < 1.29 is 18.7 Å². The van der Waals surface area contributed by atoms with E-state index in [1.54, 1.807) is 6.07 Å². The first-order valence-corrected chi connectivity index (χ1v) is 5.03. The number of hydrogen-bond acceptors (Lipinski definition) is 3. The monoisotopic (exact) mass is 226 g/mol. The Balaban J connectivity index is 3.17. The fraction of sp³-hybridized carbons (Fsp3) is 0.417. The molecular weight excluding hydrogens is 211 g/mol. The number of benzene rings is 1. The molecule has 0 spiro atoms. The highest BCUT2D eigenvalue weighted by Crippen LogP contribution is 2.32. The fourth-order valence-electron chi connectivity index (χ4n) is 1.56. The lowest BCUT2D eigenvalue weighted by atomic mass is 10.0. The Morgan fingerprint density at radius 3 is 2.62 bits per heavy atom. The first-order valence-electron chi connectivity index (χ1n) is 5.03. The number of halogens is 1. The van der Waals surface area contributed by atoms with Crippen LogP contribution in [0.2, 0.25) is 0 Å². The van der Waals surface area contributed by atoms with Crippen LogP contribution in [0.3, 0.4) is 0 Å². The van der Waals surface area contributed by atoms with E-state index in [4.69, 9.17) is 4.74 Å². The molecule has 0 aromatic heterocycles. The molecule has 0 N–H and O–H groups in total. The van der Waals surface area contributed by atoms with Crippen molar-refractivity contribution in [3.05, 3.63) is 29.3 Å². The van der Waals surface area contributed by atoms with Crippen molar-refractivity contribution in [3.8, 4) is 5.75 Å². The highest BCUT2D eigenvalue weighted by atomic mass is 19.1. The average molecular weight is 226 g/mol. The first-order chi connectivity index (χ1) is 7.65. The van der Waals surface area contributed by atoms with Crippen LogP contribution in [-0.2, 0) is 16.0 Å². The summed E-state index contributed by atoms with van der Waals surface area (Å²) in [5.41, 5.74) is 1.08. The zero-order valence-corrected chi connectivity index (χ0v) is 9.62. The van der Waals surface area contributed by atoms with Crippen LogP contribution in [0.4, 0.5) is 4.39 Å². The molecule has 0 aliphatic carbocycles. The predicted octanol–water partition coefficient (Wildman–Crippen LogP) is 2.44. The van der Waals surface area contributed by atoms with E-state index in [0.29, 0.717) is 12.2 Å². The lowest BCUT2D eigenvalue weighted by Gasteiger charge is -2.14. The standard InChI is InChI=1S/C12H15FO3/c1-4-8-6-5-7-9(11(8)15-2)10(13)12(14)16-3/h5-7,10H,4H2,1-3H3. The number of alkyl halides is 1. The SMILES string of the molecule is CCc1cccc(C(F)C(=O)OC)c1OC. The lowest BCUT2D eigenvalue weighted by molar-refractivity contribution is -0.146. The quantitative estimate of drug-likeness (QED) is 0.740. The molecule has 1 aromatic carbocycles. The molecule has 1 unspecified atom stereocenters. The van der Waals surface area contributed by atoms with Crippen molar-refractivity contribution in [1.29, 1.82) is 0 Å². The number of aryl methyl sites for hydroxylation is 1. The van der Waals surface area contributed by atoms with Gasteiger partial charge in [-0.25, -0.2) is 9.18 Å². The minimum Gasteiger partial charge on any atom is -0.496 e. The van der Waals surface area contributed by atoms with E-state index < -0.39 is 12.1 Å². The summed E-state index contributed by atoms with van der Waals surface area (Å²) >= 11 is 0. The second-order valence-electron chi connectivity index (χ2n) is 3.28. The van der Waals surface area contributed by atoms with Crippen LogP contribution in [0.25, 0.3) is 0 Å². The molecular formula is C12H15FO3. The highest BCUT2D eigenvalue weighted by molar-refractivity contribution is 5.77. The van der Waals surface area contributed by atoms with Crippen molar-refractivity contribution in [2.24, 2.45) is 0 Å². The molecule has 1 atom stereocenters. The Morgan fingerprint density at radius 1 is 1.44 bits per heavy atom. The van der Waals surface area contributed by atoms with E-state index in [2.05, 4.69) is 4.74 Å². The Bertz CT molecular complexity index is 377. The molecule has 0 saturated carbocycles. The summed E-state index contributed by atoms with van der Waals surface area (Å²) in [6, 6.07) is 5.07. The van der Waals surface area contributed by atoms with Gasteiger partial charge >= 0.3 is 5.97 Å². The van der Waals surface area contributed by atoms with Crippen LogP contribution in [-0.4, -0.2) is 20.2 Å². The summed E-state index contributed by atoms with van der Waals surface area (Å²) < 4.78 is 23.2. The summed E-state index contributed by atoms with van der Waals surface area (Å²) in [5, 5.41) is 0. The number of ether oxygens (including phenoxy) is 2. The molecule has 0 heterocycles. The number of methoxy groups -OCH3 is 2. The third kappa shape index (κ3) is 2.32. The maximum Gasteiger partial charge on any atom is 0.345 e. The zero-order valence-electron chi connectivity index (χ0n) is 9.62. The van der Waals surface area contributed by atoms with Gasteiger partial charge in [0.1, 0.15) is 5.75 Å². The van der Waals surface area contributed by atoms with Gasteiger partial charge in [-0.05, 0) is 12.0 Å². The van der Waals surface area contributed by atoms with Gasteiger partial charge in [-0.2, -0.15) is 0 Å². The third-order valence-electron chi connectivity index (χ3n) is 2.39. The number of carbonyl (C=O) groups is 1. The third-order valence-corrected chi connectivity index (χ3v) is 2.39. The fourth-order valence-corrected chi connectivity index (χ4v) is 1.56. The van der Waals surface area contributed by atoms with Crippen LogP contribution < -0.4 is 4.74 Å². The zero-order chi connectivity index (χ0) is 12.1. The van der Waals surface area contributed by atoms with Crippen LogP contribution in [0.15, 0.2) is 18.2 Å². The molecule has 0 saturated heterocycles. The molecule has 0 bridgehead atoms. The van der Waals surface area contributed by atoms with E-state index >= 15 is 0 Å². The first kappa shape index (κ1) is 12.5. The average Bonchev–Trinajstić information content (AvgIpc) is 2.35. The Kier molecular flexibility index (Phi) is 4.28. The van der Waals surface area contributed by atoms with Gasteiger partial charge in [0.15, 0.2) is 0 Å². The molecule has 0 amide bonds. The molecule has 0 radical (unpaired) electrons. The molecule has 1 rings (SSSR count). The Labute approximate surface area is 94.2 Å². The van der Waals surface area contributed by atoms with Crippen LogP contribution >= 0.6 is 0 Å². The van der Waals surface area contributed by atoms with Crippen molar-refractivity contribution in [2.45, 2.75) is 19.5 Å². The number of esters is 1. The molecule has 0 aliphatic heterocycles. The van der Waals surface area contributed by atoms with Crippen LogP contribution in [0.1, 0.15) is 24.2 Å². The van der Waals surface area contributed by atoms with Crippen molar-refractivity contribution in [1.82, 2.24) is 0 Å². The van der Waals surface area contributed by atoms with Gasteiger partial charge < -0.3 is 9.47 Å². The number of carbonyl (C=O) groups excluding carboxylic acids is 1. The molecule has 1 aromatic rings. The Hall–Kier alpha value is -1.58. The van der Waals surface area contributed by atoms with Gasteiger partial charge in [0, 0.05) is 5.56 Å². The summed E-state index contributed by atoms with van der Waals surface area (Å²) in [5.74, 6) is -0.491. The van der Waals surface area contributed by atoms with Gasteiger partial charge in [0.25, 0.3) is 0 Å². The molecule has 3 nitrogen and oxygen atoms in total. The van der Waals surface area contributed by atoms with Gasteiger partial charge in [-0.15, -0.1) is 0 Å². The maximum atomic E-state index is 13.7. The van der Waals surface area contributed by atoms with E-state index in [-0.39, 0.29) is 5.56 Å². The topological polar surface area (TPSA) is 35.5 Å². The van der Waals surface area contributed by atoms with Crippen molar-refractivity contribution >= 4 is 5.97 Å². The van der Waals surface area contributed by atoms with Crippen LogP contribution in [0.5, 0.6) is 5.75 Å². The molecule has 0 fully saturated rings. The molecule has 4 heteroatoms. The lowest BCUT2D eigenvalue weighted by Crippen LogP contribution is -2.11. The number of para-hydroxylation sites is 1. The Morgan fingerprint density at radius 2 is 2.12 bits per heavy atom. The molecule has 16 heavy (non-hydrogen) atoms. The van der Waals surface area contributed by atoms with Gasteiger partial charge in [-0.1, -0.05) is 25.1 Å².